The number of halogens is 3. The Bertz CT molecular complexity index is 1380. The van der Waals surface area contributed by atoms with Crippen LogP contribution in [0.4, 0.5) is 13.2 Å². The van der Waals surface area contributed by atoms with Crippen LogP contribution in [-0.4, -0.2) is 40.9 Å². The summed E-state index contributed by atoms with van der Waals surface area (Å²) < 4.78 is 54.6. The summed E-state index contributed by atoms with van der Waals surface area (Å²) in [5.41, 5.74) is 0.852. The van der Waals surface area contributed by atoms with Gasteiger partial charge in [-0.25, -0.2) is 0 Å². The van der Waals surface area contributed by atoms with Gasteiger partial charge in [0.1, 0.15) is 35.7 Å². The van der Waals surface area contributed by atoms with Crippen molar-refractivity contribution in [2.24, 2.45) is 5.92 Å². The highest BCUT2D eigenvalue weighted by Gasteiger charge is 2.38. The number of rotatable bonds is 6. The van der Waals surface area contributed by atoms with Gasteiger partial charge in [0.15, 0.2) is 0 Å². The number of likely N-dealkylation sites (tertiary alicyclic amines) is 1. The van der Waals surface area contributed by atoms with Crippen LogP contribution in [0, 0.1) is 5.92 Å². The molecular formula is C31H32F3NO4. The van der Waals surface area contributed by atoms with E-state index in [-0.39, 0.29) is 28.7 Å². The van der Waals surface area contributed by atoms with Crippen molar-refractivity contribution in [2.75, 3.05) is 19.7 Å². The highest BCUT2D eigenvalue weighted by molar-refractivity contribution is 5.96. The minimum Gasteiger partial charge on any atom is -0.508 e. The van der Waals surface area contributed by atoms with Crippen molar-refractivity contribution in [3.63, 3.8) is 0 Å². The Kier molecular flexibility index (Phi) is 7.25. The second kappa shape index (κ2) is 10.5. The zero-order valence-electron chi connectivity index (χ0n) is 22.1. The van der Waals surface area contributed by atoms with E-state index in [0.717, 1.165) is 31.3 Å². The summed E-state index contributed by atoms with van der Waals surface area (Å²) in [5.74, 6) is 1.48. The van der Waals surface area contributed by atoms with E-state index in [1.165, 1.54) is 18.6 Å². The second-order valence-corrected chi connectivity index (χ2v) is 10.6. The smallest absolute Gasteiger partial charge is 0.417 e. The summed E-state index contributed by atoms with van der Waals surface area (Å²) in [5, 5.41) is 20.2. The fourth-order valence-electron chi connectivity index (χ4n) is 5.45. The van der Waals surface area contributed by atoms with Gasteiger partial charge in [-0.05, 0) is 98.0 Å². The average molecular weight is 540 g/mol. The highest BCUT2D eigenvalue weighted by atomic mass is 19.4. The molecule has 0 amide bonds. The first-order chi connectivity index (χ1) is 18.5. The van der Waals surface area contributed by atoms with Gasteiger partial charge in [-0.1, -0.05) is 19.1 Å². The Morgan fingerprint density at radius 1 is 1.00 bits per heavy atom. The SMILES string of the molecule is CC1=C(c2cc(O)ccc2C(F)(F)F)C(c2ccc(OC[C@H](C)N3CC[C@@H](C)C3)cc2)Oc2ccc(O)cc21. The first kappa shape index (κ1) is 26.9. The van der Waals surface area contributed by atoms with E-state index in [1.54, 1.807) is 37.3 Å². The third-order valence-corrected chi connectivity index (χ3v) is 7.63. The van der Waals surface area contributed by atoms with Crippen LogP contribution >= 0.6 is 0 Å². The lowest BCUT2D eigenvalue weighted by Gasteiger charge is -2.32. The molecule has 0 radical (unpaired) electrons. The van der Waals surface area contributed by atoms with Gasteiger partial charge in [0.05, 0.1) is 5.56 Å². The molecule has 206 valence electrons. The van der Waals surface area contributed by atoms with E-state index in [0.29, 0.717) is 40.7 Å². The molecule has 1 saturated heterocycles. The van der Waals surface area contributed by atoms with Crippen LogP contribution in [0.25, 0.3) is 11.1 Å². The van der Waals surface area contributed by atoms with Crippen LogP contribution in [-0.2, 0) is 6.18 Å². The summed E-state index contributed by atoms with van der Waals surface area (Å²) in [6.07, 6.45) is -4.35. The Hall–Kier alpha value is -3.65. The number of ether oxygens (including phenoxy) is 2. The Balaban J connectivity index is 1.49. The topological polar surface area (TPSA) is 62.2 Å². The molecule has 0 saturated carbocycles. The number of hydrogen-bond donors (Lipinski definition) is 2. The molecule has 8 heteroatoms. The molecule has 5 nitrogen and oxygen atoms in total. The number of alkyl halides is 3. The number of nitrogens with zero attached hydrogens (tertiary/aromatic N) is 1. The van der Waals surface area contributed by atoms with Gasteiger partial charge in [0, 0.05) is 23.7 Å². The standard InChI is InChI=1S/C31H32F3NO4/c1-18-12-13-35(16-18)19(2)17-38-24-8-4-21(5-9-24)30-29(20(3)25-14-23(37)7-11-28(25)39-30)26-15-22(36)6-10-27(26)31(32,33)34/h4-11,14-15,18-19,30,36-37H,12-13,16-17H2,1-3H3/t18-,19+,30?/m1/s1. The van der Waals surface area contributed by atoms with E-state index in [4.69, 9.17) is 9.47 Å². The predicted octanol–water partition coefficient (Wildman–Crippen LogP) is 7.29. The van der Waals surface area contributed by atoms with Crippen molar-refractivity contribution in [2.45, 2.75) is 45.5 Å². The van der Waals surface area contributed by atoms with Gasteiger partial charge in [-0.15, -0.1) is 0 Å². The van der Waals surface area contributed by atoms with Gasteiger partial charge < -0.3 is 19.7 Å². The van der Waals surface area contributed by atoms with E-state index in [2.05, 4.69) is 18.7 Å². The molecule has 2 aliphatic heterocycles. The quantitative estimate of drug-likeness (QED) is 0.345. The normalized spacial score (nSPS) is 20.5. The zero-order chi connectivity index (χ0) is 27.9. The van der Waals surface area contributed by atoms with Gasteiger partial charge in [0.25, 0.3) is 0 Å². The molecule has 39 heavy (non-hydrogen) atoms. The van der Waals surface area contributed by atoms with Gasteiger partial charge in [0.2, 0.25) is 0 Å². The minimum absolute atomic E-state index is 0.0272. The van der Waals surface area contributed by atoms with Crippen molar-refractivity contribution in [3.8, 4) is 23.0 Å². The molecule has 2 aliphatic rings. The lowest BCUT2D eigenvalue weighted by molar-refractivity contribution is -0.137. The third kappa shape index (κ3) is 5.57. The summed E-state index contributed by atoms with van der Waals surface area (Å²) in [6, 6.07) is 15.0. The van der Waals surface area contributed by atoms with Crippen LogP contribution in [0.5, 0.6) is 23.0 Å². The predicted molar refractivity (Wildman–Crippen MR) is 144 cm³/mol. The molecule has 1 fully saturated rings. The van der Waals surface area contributed by atoms with Crippen LogP contribution < -0.4 is 9.47 Å². The number of fused-ring (bicyclic) bond motifs is 1. The molecule has 5 rings (SSSR count). The Morgan fingerprint density at radius 3 is 2.31 bits per heavy atom. The number of hydrogen-bond acceptors (Lipinski definition) is 5. The van der Waals surface area contributed by atoms with E-state index >= 15 is 0 Å². The Labute approximate surface area is 226 Å². The number of phenols is 2. The summed E-state index contributed by atoms with van der Waals surface area (Å²) >= 11 is 0. The van der Waals surface area contributed by atoms with Crippen molar-refractivity contribution >= 4 is 11.1 Å². The summed E-state index contributed by atoms with van der Waals surface area (Å²) in [4.78, 5) is 2.41. The van der Waals surface area contributed by atoms with Crippen molar-refractivity contribution < 1.29 is 32.9 Å². The molecule has 3 atom stereocenters. The minimum atomic E-state index is -4.65. The monoisotopic (exact) mass is 539 g/mol. The zero-order valence-corrected chi connectivity index (χ0v) is 22.1. The molecule has 2 heterocycles. The Morgan fingerprint density at radius 2 is 1.67 bits per heavy atom. The van der Waals surface area contributed by atoms with Crippen LogP contribution in [0.3, 0.4) is 0 Å². The summed E-state index contributed by atoms with van der Waals surface area (Å²) in [6.45, 7) is 8.75. The average Bonchev–Trinajstić information content (AvgIpc) is 3.33. The highest BCUT2D eigenvalue weighted by Crippen LogP contribution is 2.50. The van der Waals surface area contributed by atoms with Gasteiger partial charge >= 0.3 is 6.18 Å². The third-order valence-electron chi connectivity index (χ3n) is 7.63. The maximum atomic E-state index is 14.1. The molecule has 2 N–H and O–H groups in total. The van der Waals surface area contributed by atoms with Gasteiger partial charge in [-0.2, -0.15) is 13.2 Å². The first-order valence-electron chi connectivity index (χ1n) is 13.1. The van der Waals surface area contributed by atoms with Crippen LogP contribution in [0.2, 0.25) is 0 Å². The summed E-state index contributed by atoms with van der Waals surface area (Å²) in [7, 11) is 0. The molecule has 1 unspecified atom stereocenters. The number of benzene rings is 3. The molecular weight excluding hydrogens is 507 g/mol. The maximum Gasteiger partial charge on any atom is 0.417 e. The molecule has 0 aromatic heterocycles. The molecule has 3 aromatic rings. The van der Waals surface area contributed by atoms with Crippen molar-refractivity contribution in [1.29, 1.82) is 0 Å². The van der Waals surface area contributed by atoms with E-state index in [9.17, 15) is 23.4 Å². The molecule has 0 aliphatic carbocycles. The largest absolute Gasteiger partial charge is 0.508 e. The van der Waals surface area contributed by atoms with Crippen LogP contribution in [0.1, 0.15) is 55.5 Å². The first-order valence-corrected chi connectivity index (χ1v) is 13.1. The fraction of sp³-hybridized carbons (Fsp3) is 0.355. The van der Waals surface area contributed by atoms with Crippen molar-refractivity contribution in [3.05, 3.63) is 82.9 Å². The van der Waals surface area contributed by atoms with Crippen LogP contribution in [0.15, 0.2) is 60.7 Å². The molecule has 0 bridgehead atoms. The van der Waals surface area contributed by atoms with E-state index in [1.807, 2.05) is 0 Å². The fourth-order valence-corrected chi connectivity index (χ4v) is 5.45. The number of allylic oxidation sites excluding steroid dienone is 1. The molecule has 3 aromatic carbocycles. The number of aromatic hydroxyl groups is 2. The molecule has 0 spiro atoms. The lowest BCUT2D eigenvalue weighted by Crippen LogP contribution is -2.35. The van der Waals surface area contributed by atoms with E-state index < -0.39 is 17.8 Å². The number of phenolic OH excluding ortho intramolecular Hbond substituents is 2. The lowest BCUT2D eigenvalue weighted by atomic mass is 9.84. The van der Waals surface area contributed by atoms with Crippen molar-refractivity contribution in [1.82, 2.24) is 4.90 Å². The maximum absolute atomic E-state index is 14.1. The van der Waals surface area contributed by atoms with Gasteiger partial charge in [-0.3, -0.25) is 4.90 Å². The second-order valence-electron chi connectivity index (χ2n) is 10.6.